The first-order valence-electron chi connectivity index (χ1n) is 7.72. The van der Waals surface area contributed by atoms with Crippen LogP contribution in [0.2, 0.25) is 0 Å². The van der Waals surface area contributed by atoms with Crippen molar-refractivity contribution in [2.75, 3.05) is 39.6 Å². The van der Waals surface area contributed by atoms with Crippen LogP contribution in [-0.4, -0.2) is 50.7 Å². The molecule has 0 aromatic carbocycles. The van der Waals surface area contributed by atoms with E-state index in [9.17, 15) is 4.79 Å². The van der Waals surface area contributed by atoms with Crippen molar-refractivity contribution in [2.24, 2.45) is 0 Å². The normalized spacial score (nSPS) is 10.8. The van der Waals surface area contributed by atoms with Gasteiger partial charge in [0.15, 0.2) is 0 Å². The first-order chi connectivity index (χ1) is 9.77. The number of hydrogen-bond donors (Lipinski definition) is 1. The fourth-order valence-electron chi connectivity index (χ4n) is 1.76. The highest BCUT2D eigenvalue weighted by atomic mass is 16.5. The van der Waals surface area contributed by atoms with Crippen molar-refractivity contribution >= 4 is 5.97 Å². The molecule has 0 saturated carbocycles. The summed E-state index contributed by atoms with van der Waals surface area (Å²) in [4.78, 5) is 10.1. The summed E-state index contributed by atoms with van der Waals surface area (Å²) in [5.74, 6) is -0.956. The van der Waals surface area contributed by atoms with Gasteiger partial charge < -0.3 is 19.3 Å². The van der Waals surface area contributed by atoms with Gasteiger partial charge in [-0.3, -0.25) is 0 Å². The van der Waals surface area contributed by atoms with Crippen LogP contribution >= 0.6 is 0 Å². The van der Waals surface area contributed by atoms with Crippen LogP contribution in [-0.2, 0) is 19.0 Å². The highest BCUT2D eigenvalue weighted by molar-refractivity contribution is 5.67. The Morgan fingerprint density at radius 1 is 0.750 bits per heavy atom. The summed E-state index contributed by atoms with van der Waals surface area (Å²) in [6.07, 6.45) is 9.01. The lowest BCUT2D eigenvalue weighted by Crippen LogP contribution is -2.13. The molecule has 0 aliphatic heterocycles. The average Bonchev–Trinajstić information content (AvgIpc) is 2.43. The molecule has 0 unspecified atom stereocenters. The second-order valence-corrected chi connectivity index (χ2v) is 4.79. The standard InChI is InChI=1S/C15H30O5/c1-2-3-4-5-6-7-8-9-18-10-11-19-12-13-20-14-15(16)17/h2-14H2,1H3,(H,16,17). The Labute approximate surface area is 122 Å². The zero-order chi connectivity index (χ0) is 14.9. The fraction of sp³-hybridized carbons (Fsp3) is 0.933. The minimum Gasteiger partial charge on any atom is -0.480 e. The van der Waals surface area contributed by atoms with Crippen molar-refractivity contribution < 1.29 is 24.1 Å². The minimum absolute atomic E-state index is 0.266. The highest BCUT2D eigenvalue weighted by Crippen LogP contribution is 2.06. The van der Waals surface area contributed by atoms with E-state index >= 15 is 0 Å². The zero-order valence-corrected chi connectivity index (χ0v) is 12.8. The predicted molar refractivity (Wildman–Crippen MR) is 78.1 cm³/mol. The summed E-state index contributed by atoms with van der Waals surface area (Å²) in [5.41, 5.74) is 0. The smallest absolute Gasteiger partial charge is 0.329 e. The Bertz CT molecular complexity index is 208. The van der Waals surface area contributed by atoms with E-state index in [2.05, 4.69) is 6.92 Å². The monoisotopic (exact) mass is 290 g/mol. The molecule has 0 fully saturated rings. The van der Waals surface area contributed by atoms with Crippen molar-refractivity contribution in [1.29, 1.82) is 0 Å². The number of carboxylic acid groups (broad SMARTS) is 1. The van der Waals surface area contributed by atoms with Crippen molar-refractivity contribution in [3.05, 3.63) is 0 Å². The van der Waals surface area contributed by atoms with Crippen LogP contribution in [0.4, 0.5) is 0 Å². The van der Waals surface area contributed by atoms with Crippen LogP contribution in [0.25, 0.3) is 0 Å². The maximum atomic E-state index is 10.1. The summed E-state index contributed by atoms with van der Waals surface area (Å²) in [6.45, 7) is 4.61. The zero-order valence-electron chi connectivity index (χ0n) is 12.8. The lowest BCUT2D eigenvalue weighted by atomic mass is 10.1. The number of rotatable bonds is 16. The van der Waals surface area contributed by atoms with Crippen LogP contribution in [0.1, 0.15) is 51.9 Å². The van der Waals surface area contributed by atoms with Gasteiger partial charge in [0.25, 0.3) is 0 Å². The van der Waals surface area contributed by atoms with Gasteiger partial charge in [-0.05, 0) is 6.42 Å². The molecule has 0 amide bonds. The van der Waals surface area contributed by atoms with Crippen LogP contribution in [0.3, 0.4) is 0 Å². The van der Waals surface area contributed by atoms with Gasteiger partial charge in [-0.15, -0.1) is 0 Å². The molecule has 5 heteroatoms. The van der Waals surface area contributed by atoms with Crippen molar-refractivity contribution in [1.82, 2.24) is 0 Å². The lowest BCUT2D eigenvalue weighted by Gasteiger charge is -2.06. The molecule has 5 nitrogen and oxygen atoms in total. The lowest BCUT2D eigenvalue weighted by molar-refractivity contribution is -0.142. The van der Waals surface area contributed by atoms with E-state index in [1.54, 1.807) is 0 Å². The molecule has 0 aliphatic carbocycles. The van der Waals surface area contributed by atoms with E-state index in [4.69, 9.17) is 19.3 Å². The quantitative estimate of drug-likeness (QED) is 0.443. The Morgan fingerprint density at radius 2 is 1.25 bits per heavy atom. The maximum Gasteiger partial charge on any atom is 0.329 e. The van der Waals surface area contributed by atoms with E-state index in [0.717, 1.165) is 13.0 Å². The molecule has 0 atom stereocenters. The van der Waals surface area contributed by atoms with Crippen LogP contribution < -0.4 is 0 Å². The molecule has 0 heterocycles. The number of aliphatic carboxylic acids is 1. The van der Waals surface area contributed by atoms with Gasteiger partial charge in [0, 0.05) is 6.61 Å². The second-order valence-electron chi connectivity index (χ2n) is 4.79. The summed E-state index contributed by atoms with van der Waals surface area (Å²) >= 11 is 0. The number of ether oxygens (including phenoxy) is 3. The van der Waals surface area contributed by atoms with Crippen molar-refractivity contribution in [3.8, 4) is 0 Å². The number of hydrogen-bond acceptors (Lipinski definition) is 4. The third-order valence-electron chi connectivity index (χ3n) is 2.86. The SMILES string of the molecule is CCCCCCCCCOCCOCCOCC(=O)O. The van der Waals surface area contributed by atoms with Crippen LogP contribution in [0, 0.1) is 0 Å². The summed E-state index contributed by atoms with van der Waals surface area (Å²) in [5, 5.41) is 8.33. The third kappa shape index (κ3) is 17.4. The minimum atomic E-state index is -0.956. The van der Waals surface area contributed by atoms with Crippen molar-refractivity contribution in [3.63, 3.8) is 0 Å². The average molecular weight is 290 g/mol. The molecule has 120 valence electrons. The predicted octanol–water partition coefficient (Wildman–Crippen LogP) is 2.87. The molecule has 0 aromatic rings. The highest BCUT2D eigenvalue weighted by Gasteiger charge is 1.96. The molecule has 0 bridgehead atoms. The van der Waals surface area contributed by atoms with Gasteiger partial charge in [0.2, 0.25) is 0 Å². The van der Waals surface area contributed by atoms with E-state index in [-0.39, 0.29) is 6.61 Å². The molecular formula is C15H30O5. The third-order valence-corrected chi connectivity index (χ3v) is 2.86. The first kappa shape index (κ1) is 19.4. The molecule has 0 spiro atoms. The summed E-state index contributed by atoms with van der Waals surface area (Å²) in [6, 6.07) is 0. The summed E-state index contributed by atoms with van der Waals surface area (Å²) in [7, 11) is 0. The molecule has 0 aromatic heterocycles. The maximum absolute atomic E-state index is 10.1. The molecule has 0 saturated heterocycles. The topological polar surface area (TPSA) is 65.0 Å². The van der Waals surface area contributed by atoms with E-state index < -0.39 is 5.97 Å². The van der Waals surface area contributed by atoms with Gasteiger partial charge in [-0.2, -0.15) is 0 Å². The van der Waals surface area contributed by atoms with Gasteiger partial charge in [0.05, 0.1) is 26.4 Å². The molecule has 1 N–H and O–H groups in total. The number of carboxylic acids is 1. The second kappa shape index (κ2) is 16.4. The largest absolute Gasteiger partial charge is 0.480 e. The molecule has 20 heavy (non-hydrogen) atoms. The van der Waals surface area contributed by atoms with Gasteiger partial charge >= 0.3 is 5.97 Å². The Hall–Kier alpha value is -0.650. The van der Waals surface area contributed by atoms with Crippen LogP contribution in [0.15, 0.2) is 0 Å². The van der Waals surface area contributed by atoms with Gasteiger partial charge in [0.1, 0.15) is 6.61 Å². The Balaban J connectivity index is 2.94. The fourth-order valence-corrected chi connectivity index (χ4v) is 1.76. The Morgan fingerprint density at radius 3 is 1.85 bits per heavy atom. The Kier molecular flexibility index (Phi) is 15.9. The molecule has 0 rings (SSSR count). The molecule has 0 aliphatic rings. The summed E-state index contributed by atoms with van der Waals surface area (Å²) < 4.78 is 15.5. The van der Waals surface area contributed by atoms with Gasteiger partial charge in [-0.25, -0.2) is 4.79 Å². The first-order valence-corrected chi connectivity index (χ1v) is 7.72. The van der Waals surface area contributed by atoms with E-state index in [0.29, 0.717) is 26.4 Å². The van der Waals surface area contributed by atoms with E-state index in [1.165, 1.54) is 38.5 Å². The number of carbonyl (C=O) groups is 1. The van der Waals surface area contributed by atoms with Gasteiger partial charge in [-0.1, -0.05) is 45.4 Å². The molecular weight excluding hydrogens is 260 g/mol. The van der Waals surface area contributed by atoms with Crippen LogP contribution in [0.5, 0.6) is 0 Å². The van der Waals surface area contributed by atoms with E-state index in [1.807, 2.05) is 0 Å². The van der Waals surface area contributed by atoms with Crippen molar-refractivity contribution in [2.45, 2.75) is 51.9 Å². The number of unbranched alkanes of at least 4 members (excludes halogenated alkanes) is 6. The molecule has 0 radical (unpaired) electrons.